The van der Waals surface area contributed by atoms with Crippen LogP contribution in [0.25, 0.3) is 5.52 Å². The Bertz CT molecular complexity index is 549. The molecule has 3 rings (SSSR count). The third kappa shape index (κ3) is 3.05. The zero-order valence-electron chi connectivity index (χ0n) is 10.7. The van der Waals surface area contributed by atoms with Crippen molar-refractivity contribution >= 4 is 39.0 Å². The Balaban J connectivity index is 1.72. The Morgan fingerprint density at radius 2 is 2.37 bits per heavy atom. The lowest BCUT2D eigenvalue weighted by Gasteiger charge is -2.15. The minimum Gasteiger partial charge on any atom is -0.368 e. The average molecular weight is 341 g/mol. The van der Waals surface area contributed by atoms with Gasteiger partial charge in [-0.05, 0) is 52.6 Å². The number of hydrogen-bond acceptors (Lipinski definition) is 4. The number of thioether (sulfide) groups is 1. The largest absolute Gasteiger partial charge is 0.368 e. The van der Waals surface area contributed by atoms with Crippen molar-refractivity contribution in [1.82, 2.24) is 14.6 Å². The van der Waals surface area contributed by atoms with Gasteiger partial charge in [0.05, 0.1) is 10.7 Å². The molecule has 1 atom stereocenters. The number of aromatic nitrogens is 3. The van der Waals surface area contributed by atoms with Crippen LogP contribution in [0.15, 0.2) is 23.1 Å². The molecule has 2 aromatic rings. The Kier molecular flexibility index (Phi) is 4.28. The summed E-state index contributed by atoms with van der Waals surface area (Å²) >= 11 is 5.61. The molecule has 1 unspecified atom stereocenters. The first-order chi connectivity index (χ1) is 9.34. The fourth-order valence-corrected chi connectivity index (χ4v) is 3.99. The molecule has 0 aromatic carbocycles. The van der Waals surface area contributed by atoms with Gasteiger partial charge in [0.2, 0.25) is 0 Å². The Morgan fingerprint density at radius 3 is 3.32 bits per heavy atom. The van der Waals surface area contributed by atoms with Crippen LogP contribution in [0.2, 0.25) is 0 Å². The van der Waals surface area contributed by atoms with Crippen LogP contribution in [-0.4, -0.2) is 32.6 Å². The van der Waals surface area contributed by atoms with E-state index >= 15 is 0 Å². The number of anilines is 1. The molecule has 0 spiro atoms. The maximum atomic E-state index is 4.44. The van der Waals surface area contributed by atoms with E-state index < -0.39 is 0 Å². The number of hydrogen-bond donors (Lipinski definition) is 1. The third-order valence-corrected chi connectivity index (χ3v) is 5.20. The zero-order chi connectivity index (χ0) is 13.1. The van der Waals surface area contributed by atoms with Crippen LogP contribution in [0, 0.1) is 5.92 Å². The van der Waals surface area contributed by atoms with Gasteiger partial charge in [-0.15, -0.1) is 0 Å². The van der Waals surface area contributed by atoms with Crippen LogP contribution in [0.4, 0.5) is 5.82 Å². The molecule has 102 valence electrons. The molecule has 1 saturated heterocycles. The molecule has 6 heteroatoms. The minimum absolute atomic E-state index is 0.763. The van der Waals surface area contributed by atoms with E-state index in [-0.39, 0.29) is 0 Å². The van der Waals surface area contributed by atoms with E-state index in [1.807, 2.05) is 16.9 Å². The van der Waals surface area contributed by atoms with Crippen LogP contribution in [-0.2, 0) is 0 Å². The van der Waals surface area contributed by atoms with E-state index in [1.165, 1.54) is 30.8 Å². The summed E-state index contributed by atoms with van der Waals surface area (Å²) in [5, 5.41) is 7.78. The third-order valence-electron chi connectivity index (χ3n) is 3.52. The molecule has 0 radical (unpaired) electrons. The van der Waals surface area contributed by atoms with Gasteiger partial charge in [-0.2, -0.15) is 16.9 Å². The van der Waals surface area contributed by atoms with E-state index in [0.29, 0.717) is 0 Å². The maximum Gasteiger partial charge on any atom is 0.153 e. The van der Waals surface area contributed by atoms with Gasteiger partial charge in [0.25, 0.3) is 0 Å². The second kappa shape index (κ2) is 6.13. The van der Waals surface area contributed by atoms with Crippen molar-refractivity contribution < 1.29 is 0 Å². The smallest absolute Gasteiger partial charge is 0.153 e. The second-order valence-electron chi connectivity index (χ2n) is 4.85. The summed E-state index contributed by atoms with van der Waals surface area (Å²) in [5.41, 5.74) is 1.02. The van der Waals surface area contributed by atoms with Gasteiger partial charge >= 0.3 is 0 Å². The molecule has 4 nitrogen and oxygen atoms in total. The predicted octanol–water partition coefficient (Wildman–Crippen LogP) is 3.44. The number of fused-ring (bicyclic) bond motifs is 1. The van der Waals surface area contributed by atoms with E-state index in [9.17, 15) is 0 Å². The minimum atomic E-state index is 0.763. The molecular weight excluding hydrogens is 324 g/mol. The van der Waals surface area contributed by atoms with E-state index in [4.69, 9.17) is 0 Å². The average Bonchev–Trinajstić information content (AvgIpc) is 2.66. The van der Waals surface area contributed by atoms with E-state index in [2.05, 4.69) is 43.1 Å². The standard InChI is InChI=1S/C13H17BrN4S/c14-11-9-17-18-5-4-15-13(12(11)18)16-8-10-2-1-6-19-7-3-10/h4-5,9-10H,1-3,6-8H2,(H,15,16). The summed E-state index contributed by atoms with van der Waals surface area (Å²) in [6.45, 7) is 1.00. The summed E-state index contributed by atoms with van der Waals surface area (Å²) in [7, 11) is 0. The highest BCUT2D eigenvalue weighted by molar-refractivity contribution is 9.10. The van der Waals surface area contributed by atoms with Crippen molar-refractivity contribution in [2.24, 2.45) is 5.92 Å². The molecule has 0 amide bonds. The molecule has 0 bridgehead atoms. The highest BCUT2D eigenvalue weighted by Gasteiger charge is 2.14. The normalized spacial score (nSPS) is 20.4. The summed E-state index contributed by atoms with van der Waals surface area (Å²) < 4.78 is 2.84. The van der Waals surface area contributed by atoms with Crippen molar-refractivity contribution in [1.29, 1.82) is 0 Å². The SMILES string of the molecule is Brc1cnn2ccnc(NCC3CCCSCC3)c12. The van der Waals surface area contributed by atoms with Crippen molar-refractivity contribution in [2.45, 2.75) is 19.3 Å². The molecule has 1 N–H and O–H groups in total. The molecule has 1 aliphatic heterocycles. The van der Waals surface area contributed by atoms with Gasteiger partial charge in [0.1, 0.15) is 5.52 Å². The summed E-state index contributed by atoms with van der Waals surface area (Å²) in [4.78, 5) is 4.44. The molecule has 1 aliphatic rings. The molecule has 0 saturated carbocycles. The van der Waals surface area contributed by atoms with Gasteiger partial charge < -0.3 is 5.32 Å². The van der Waals surface area contributed by atoms with Gasteiger partial charge in [0, 0.05) is 18.9 Å². The monoisotopic (exact) mass is 340 g/mol. The quantitative estimate of drug-likeness (QED) is 0.929. The fourth-order valence-electron chi connectivity index (χ4n) is 2.45. The maximum absolute atomic E-state index is 4.44. The summed E-state index contributed by atoms with van der Waals surface area (Å²) in [6.07, 6.45) is 9.44. The lowest BCUT2D eigenvalue weighted by Crippen LogP contribution is -2.15. The van der Waals surface area contributed by atoms with Crippen molar-refractivity contribution in [3.63, 3.8) is 0 Å². The van der Waals surface area contributed by atoms with Crippen molar-refractivity contribution in [3.8, 4) is 0 Å². The lowest BCUT2D eigenvalue weighted by atomic mass is 10.0. The van der Waals surface area contributed by atoms with Gasteiger partial charge in [-0.1, -0.05) is 0 Å². The summed E-state index contributed by atoms with van der Waals surface area (Å²) in [6, 6.07) is 0. The molecular formula is C13H17BrN4S. The zero-order valence-corrected chi connectivity index (χ0v) is 13.1. The highest BCUT2D eigenvalue weighted by atomic mass is 79.9. The van der Waals surface area contributed by atoms with Crippen LogP contribution >= 0.6 is 27.7 Å². The number of rotatable bonds is 3. The predicted molar refractivity (Wildman–Crippen MR) is 83.8 cm³/mol. The molecule has 2 aromatic heterocycles. The van der Waals surface area contributed by atoms with E-state index in [0.717, 1.165) is 28.3 Å². The number of nitrogens with zero attached hydrogens (tertiary/aromatic N) is 3. The first-order valence-electron chi connectivity index (χ1n) is 6.64. The van der Waals surface area contributed by atoms with Gasteiger partial charge in [-0.25, -0.2) is 9.50 Å². The van der Waals surface area contributed by atoms with E-state index in [1.54, 1.807) is 6.20 Å². The van der Waals surface area contributed by atoms with Crippen LogP contribution in [0.3, 0.4) is 0 Å². The highest BCUT2D eigenvalue weighted by Crippen LogP contribution is 2.25. The van der Waals surface area contributed by atoms with Crippen molar-refractivity contribution in [3.05, 3.63) is 23.1 Å². The summed E-state index contributed by atoms with van der Waals surface area (Å²) in [5.74, 6) is 4.29. The van der Waals surface area contributed by atoms with Gasteiger partial charge in [0.15, 0.2) is 5.82 Å². The molecule has 0 aliphatic carbocycles. The second-order valence-corrected chi connectivity index (χ2v) is 6.93. The Labute approximate surface area is 125 Å². The molecule has 3 heterocycles. The Morgan fingerprint density at radius 1 is 1.42 bits per heavy atom. The number of nitrogens with one attached hydrogen (secondary N) is 1. The number of halogens is 1. The molecule has 19 heavy (non-hydrogen) atoms. The topological polar surface area (TPSA) is 42.2 Å². The van der Waals surface area contributed by atoms with Crippen LogP contribution in [0.1, 0.15) is 19.3 Å². The van der Waals surface area contributed by atoms with Gasteiger partial charge in [-0.3, -0.25) is 0 Å². The lowest BCUT2D eigenvalue weighted by molar-refractivity contribution is 0.500. The first kappa shape index (κ1) is 13.2. The van der Waals surface area contributed by atoms with Crippen LogP contribution < -0.4 is 5.32 Å². The molecule has 1 fully saturated rings. The fraction of sp³-hybridized carbons (Fsp3) is 0.538. The Hall–Kier alpha value is -0.750. The van der Waals surface area contributed by atoms with Crippen molar-refractivity contribution in [2.75, 3.05) is 23.4 Å². The van der Waals surface area contributed by atoms with Crippen LogP contribution in [0.5, 0.6) is 0 Å². The first-order valence-corrected chi connectivity index (χ1v) is 8.59.